The number of hydrogen-bond donors (Lipinski definition) is 2. The highest BCUT2D eigenvalue weighted by atomic mass is 32.2. The second-order valence-electron chi connectivity index (χ2n) is 6.50. The van der Waals surface area contributed by atoms with Gasteiger partial charge in [-0.25, -0.2) is 18.2 Å². The topological polar surface area (TPSA) is 74.8 Å². The number of nitrogens with zero attached hydrogens (tertiary/aromatic N) is 1. The lowest BCUT2D eigenvalue weighted by molar-refractivity contribution is -0.116. The van der Waals surface area contributed by atoms with E-state index in [-0.39, 0.29) is 34.3 Å². The third-order valence-electron chi connectivity index (χ3n) is 4.58. The van der Waals surface area contributed by atoms with Crippen molar-refractivity contribution in [2.24, 2.45) is 0 Å². The van der Waals surface area contributed by atoms with Gasteiger partial charge in [-0.1, -0.05) is 36.0 Å². The van der Waals surface area contributed by atoms with Gasteiger partial charge in [0.05, 0.1) is 5.56 Å². The molecule has 0 saturated carbocycles. The Bertz CT molecular complexity index is 1150. The monoisotopic (exact) mass is 417 g/mol. The minimum atomic E-state index is -1.09. The second kappa shape index (κ2) is 7.75. The number of rotatable bonds is 4. The first kappa shape index (κ1) is 19.3. The summed E-state index contributed by atoms with van der Waals surface area (Å²) in [6, 6.07) is 9.54. The van der Waals surface area contributed by atoms with Crippen LogP contribution in [0.2, 0.25) is 0 Å². The number of H-pyrrole nitrogens is 1. The van der Waals surface area contributed by atoms with Crippen LogP contribution in [-0.4, -0.2) is 15.9 Å². The van der Waals surface area contributed by atoms with E-state index in [1.165, 1.54) is 36.0 Å². The maximum Gasteiger partial charge on any atom is 0.257 e. The fourth-order valence-corrected chi connectivity index (χ4v) is 4.02. The van der Waals surface area contributed by atoms with Gasteiger partial charge in [0.2, 0.25) is 5.91 Å². The zero-order valence-electron chi connectivity index (χ0n) is 14.8. The van der Waals surface area contributed by atoms with E-state index in [0.29, 0.717) is 5.75 Å². The van der Waals surface area contributed by atoms with Crippen LogP contribution in [0, 0.1) is 17.5 Å². The van der Waals surface area contributed by atoms with E-state index in [1.807, 2.05) is 0 Å². The molecule has 5 nitrogen and oxygen atoms in total. The number of carbonyl (C=O) groups is 1. The third-order valence-corrected chi connectivity index (χ3v) is 5.52. The molecule has 1 amide bonds. The van der Waals surface area contributed by atoms with E-state index in [0.717, 1.165) is 11.6 Å². The van der Waals surface area contributed by atoms with Crippen molar-refractivity contribution in [3.05, 3.63) is 87.0 Å². The lowest BCUT2D eigenvalue weighted by Gasteiger charge is -2.24. The molecule has 1 aliphatic heterocycles. The minimum absolute atomic E-state index is 0.0280. The summed E-state index contributed by atoms with van der Waals surface area (Å²) in [6.07, 6.45) is -0.194. The van der Waals surface area contributed by atoms with Crippen molar-refractivity contribution >= 4 is 23.5 Å². The van der Waals surface area contributed by atoms with E-state index in [2.05, 4.69) is 15.3 Å². The molecule has 0 spiro atoms. The van der Waals surface area contributed by atoms with Crippen molar-refractivity contribution in [3.63, 3.8) is 0 Å². The molecule has 4 rings (SSSR count). The van der Waals surface area contributed by atoms with Gasteiger partial charge in [0.1, 0.15) is 11.6 Å². The SMILES string of the molecule is O=C1C[C@@H](c2cccc(F)c2F)c2c(nc(SCc3ccc(F)cc3)[nH]c2=O)N1. The molecule has 2 N–H and O–H groups in total. The van der Waals surface area contributed by atoms with Gasteiger partial charge in [-0.15, -0.1) is 0 Å². The lowest BCUT2D eigenvalue weighted by atomic mass is 9.86. The molecule has 0 saturated heterocycles. The van der Waals surface area contributed by atoms with Gasteiger partial charge in [0.15, 0.2) is 16.8 Å². The molecule has 0 fully saturated rings. The van der Waals surface area contributed by atoms with Crippen LogP contribution in [0.15, 0.2) is 52.4 Å². The number of carbonyl (C=O) groups excluding carboxylic acids is 1. The van der Waals surface area contributed by atoms with Crippen molar-refractivity contribution < 1.29 is 18.0 Å². The van der Waals surface area contributed by atoms with Crippen molar-refractivity contribution in [3.8, 4) is 0 Å². The molecule has 9 heteroatoms. The number of anilines is 1. The van der Waals surface area contributed by atoms with Gasteiger partial charge in [0, 0.05) is 18.1 Å². The van der Waals surface area contributed by atoms with Crippen molar-refractivity contribution in [2.45, 2.75) is 23.2 Å². The zero-order valence-corrected chi connectivity index (χ0v) is 15.7. The largest absolute Gasteiger partial charge is 0.310 e. The van der Waals surface area contributed by atoms with Crippen LogP contribution in [0.4, 0.5) is 19.0 Å². The summed E-state index contributed by atoms with van der Waals surface area (Å²) >= 11 is 1.20. The number of aromatic amines is 1. The van der Waals surface area contributed by atoms with Gasteiger partial charge in [-0.3, -0.25) is 9.59 Å². The van der Waals surface area contributed by atoms with Gasteiger partial charge in [0.25, 0.3) is 5.56 Å². The summed E-state index contributed by atoms with van der Waals surface area (Å²) in [4.78, 5) is 31.7. The summed E-state index contributed by atoms with van der Waals surface area (Å²) in [7, 11) is 0. The number of halogens is 3. The molecule has 2 aromatic carbocycles. The highest BCUT2D eigenvalue weighted by Gasteiger charge is 2.33. The van der Waals surface area contributed by atoms with Gasteiger partial charge in [-0.2, -0.15) is 0 Å². The van der Waals surface area contributed by atoms with Crippen molar-refractivity contribution in [1.29, 1.82) is 0 Å². The lowest BCUT2D eigenvalue weighted by Crippen LogP contribution is -2.31. The number of fused-ring (bicyclic) bond motifs is 1. The quantitative estimate of drug-likeness (QED) is 0.498. The van der Waals surface area contributed by atoms with Gasteiger partial charge < -0.3 is 10.3 Å². The molecule has 1 aromatic heterocycles. The Balaban J connectivity index is 1.68. The highest BCUT2D eigenvalue weighted by molar-refractivity contribution is 7.98. The number of thioether (sulfide) groups is 1. The molecule has 0 aliphatic carbocycles. The van der Waals surface area contributed by atoms with E-state index in [1.54, 1.807) is 12.1 Å². The summed E-state index contributed by atoms with van der Waals surface area (Å²) < 4.78 is 40.9. The molecular weight excluding hydrogens is 403 g/mol. The molecule has 0 radical (unpaired) electrons. The zero-order chi connectivity index (χ0) is 20.5. The molecule has 2 heterocycles. The van der Waals surface area contributed by atoms with E-state index in [9.17, 15) is 22.8 Å². The Morgan fingerprint density at radius 1 is 1.07 bits per heavy atom. The van der Waals surface area contributed by atoms with Crippen LogP contribution < -0.4 is 10.9 Å². The standard InChI is InChI=1S/C20H14F3N3O2S/c21-11-6-4-10(5-7-11)9-29-20-25-18-16(19(28)26-20)13(8-15(27)24-18)12-2-1-3-14(22)17(12)23/h1-7,13H,8-9H2,(H2,24,25,26,27,28)/t13-/m0/s1. The molecule has 29 heavy (non-hydrogen) atoms. The van der Waals surface area contributed by atoms with E-state index in [4.69, 9.17) is 0 Å². The van der Waals surface area contributed by atoms with Gasteiger partial charge in [-0.05, 0) is 29.3 Å². The third kappa shape index (κ3) is 3.91. The van der Waals surface area contributed by atoms with Crippen LogP contribution in [0.25, 0.3) is 0 Å². The van der Waals surface area contributed by atoms with Crippen molar-refractivity contribution in [2.75, 3.05) is 5.32 Å². The number of hydrogen-bond acceptors (Lipinski definition) is 4. The predicted octanol–water partition coefficient (Wildman–Crippen LogP) is 3.95. The first-order valence-electron chi connectivity index (χ1n) is 8.67. The normalized spacial score (nSPS) is 15.7. The first-order chi connectivity index (χ1) is 13.9. The van der Waals surface area contributed by atoms with Crippen LogP contribution in [0.1, 0.15) is 29.0 Å². The molecular formula is C20H14F3N3O2S. The Hall–Kier alpha value is -3.07. The maximum absolute atomic E-state index is 14.3. The van der Waals surface area contributed by atoms with Crippen LogP contribution >= 0.6 is 11.8 Å². The average Bonchev–Trinajstić information content (AvgIpc) is 2.69. The van der Waals surface area contributed by atoms with Gasteiger partial charge >= 0.3 is 0 Å². The number of benzene rings is 2. The Morgan fingerprint density at radius 2 is 1.83 bits per heavy atom. The molecule has 1 aliphatic rings. The smallest absolute Gasteiger partial charge is 0.257 e. The van der Waals surface area contributed by atoms with Crippen molar-refractivity contribution in [1.82, 2.24) is 9.97 Å². The average molecular weight is 417 g/mol. The number of amides is 1. The molecule has 1 atom stereocenters. The Morgan fingerprint density at radius 3 is 2.59 bits per heavy atom. The maximum atomic E-state index is 14.3. The predicted molar refractivity (Wildman–Crippen MR) is 102 cm³/mol. The highest BCUT2D eigenvalue weighted by Crippen LogP contribution is 2.36. The minimum Gasteiger partial charge on any atom is -0.310 e. The first-order valence-corrected chi connectivity index (χ1v) is 9.66. The van der Waals surface area contributed by atoms with Crippen LogP contribution in [-0.2, 0) is 10.5 Å². The molecule has 148 valence electrons. The fraction of sp³-hybridized carbons (Fsp3) is 0.150. The molecule has 0 bridgehead atoms. The summed E-state index contributed by atoms with van der Waals surface area (Å²) in [5.74, 6) is -3.44. The molecule has 3 aromatic rings. The fourth-order valence-electron chi connectivity index (χ4n) is 3.21. The second-order valence-corrected chi connectivity index (χ2v) is 7.46. The number of nitrogens with one attached hydrogen (secondary N) is 2. The summed E-state index contributed by atoms with van der Waals surface area (Å²) in [5, 5.41) is 2.78. The van der Waals surface area contributed by atoms with E-state index >= 15 is 0 Å². The van der Waals surface area contributed by atoms with E-state index < -0.39 is 29.0 Å². The summed E-state index contributed by atoms with van der Waals surface area (Å²) in [5.41, 5.74) is 0.297. The molecule has 0 unspecified atom stereocenters. The Kier molecular flexibility index (Phi) is 5.14. The number of aromatic nitrogens is 2. The Labute approximate surface area is 167 Å². The van der Waals surface area contributed by atoms with Crippen LogP contribution in [0.3, 0.4) is 0 Å². The summed E-state index contributed by atoms with van der Waals surface area (Å²) in [6.45, 7) is 0. The van der Waals surface area contributed by atoms with Crippen LogP contribution in [0.5, 0.6) is 0 Å².